The van der Waals surface area contributed by atoms with Crippen molar-refractivity contribution >= 4 is 34.8 Å². The topological polar surface area (TPSA) is 130 Å². The van der Waals surface area contributed by atoms with Gasteiger partial charge < -0.3 is 25.8 Å². The molecule has 1 saturated heterocycles. The Kier molecular flexibility index (Phi) is 9.90. The zero-order chi connectivity index (χ0) is 34.8. The number of hydrogen-bond donors (Lipinski definition) is 4. The van der Waals surface area contributed by atoms with Crippen LogP contribution in [0.1, 0.15) is 36.8 Å². The number of aromatic nitrogens is 3. The maximum Gasteiger partial charge on any atom is 0.262 e. The fraction of sp³-hybridized carbons (Fsp3) is 0.316. The third-order valence-electron chi connectivity index (χ3n) is 9.69. The highest BCUT2D eigenvalue weighted by atomic mass is 35.5. The number of aliphatic hydroxyl groups excluding tert-OH is 1. The number of rotatable bonds is 13. The van der Waals surface area contributed by atoms with Crippen LogP contribution in [0, 0.1) is 5.41 Å². The van der Waals surface area contributed by atoms with Gasteiger partial charge in [0.1, 0.15) is 5.65 Å². The van der Waals surface area contributed by atoms with E-state index in [-0.39, 0.29) is 29.5 Å². The number of pyridine rings is 2. The number of ether oxygens (including phenoxy) is 1. The smallest absolute Gasteiger partial charge is 0.262 e. The summed E-state index contributed by atoms with van der Waals surface area (Å²) in [5.74, 6) is 0.587. The van der Waals surface area contributed by atoms with Crippen LogP contribution >= 0.6 is 23.2 Å². The summed E-state index contributed by atoms with van der Waals surface area (Å²) in [6.45, 7) is 2.43. The number of aliphatic hydroxyl groups is 1. The largest absolute Gasteiger partial charge is 0.481 e. The zero-order valence-electron chi connectivity index (χ0n) is 27.6. The van der Waals surface area contributed by atoms with Gasteiger partial charge in [-0.15, -0.1) is 0 Å². The standard InChI is InChI=1S/C38H38Cl2N6O4/c1-50-36-24(17-41-20-26-9-11-33(48)44-26)8-10-31(45-36)30-7-3-6-29(35(30)40)28-5-2-4-27(34(28)39)23-12-15-46-32(16-23)43-19-25(37(46)49)18-42-21-38(22-47)13-14-38/h2-8,10,12,15-16,19,26,41-42,47H,9,11,13-14,17-18,20-22H2,1H3,(H,44,48). The Morgan fingerprint density at radius 1 is 0.960 bits per heavy atom. The quantitative estimate of drug-likeness (QED) is 0.124. The van der Waals surface area contributed by atoms with Crippen LogP contribution in [0.3, 0.4) is 0 Å². The molecule has 2 aromatic carbocycles. The maximum atomic E-state index is 13.2. The van der Waals surface area contributed by atoms with E-state index in [0.29, 0.717) is 65.4 Å². The Bertz CT molecular complexity index is 2130. The molecule has 10 nitrogen and oxygen atoms in total. The Labute approximate surface area is 299 Å². The molecule has 5 aromatic rings. The Morgan fingerprint density at radius 3 is 2.38 bits per heavy atom. The minimum atomic E-state index is -0.139. The van der Waals surface area contributed by atoms with Gasteiger partial charge >= 0.3 is 0 Å². The molecule has 1 atom stereocenters. The molecule has 1 aliphatic carbocycles. The molecule has 258 valence electrons. The van der Waals surface area contributed by atoms with Gasteiger partial charge in [0.05, 0.1) is 22.8 Å². The van der Waals surface area contributed by atoms with E-state index in [1.807, 2.05) is 60.7 Å². The van der Waals surface area contributed by atoms with E-state index in [9.17, 15) is 14.7 Å². The van der Waals surface area contributed by atoms with Crippen molar-refractivity contribution in [1.29, 1.82) is 0 Å². The average Bonchev–Trinajstić information content (AvgIpc) is 3.80. The molecule has 2 aliphatic rings. The number of nitrogens with zero attached hydrogens (tertiary/aromatic N) is 3. The first-order valence-electron chi connectivity index (χ1n) is 16.7. The molecule has 50 heavy (non-hydrogen) atoms. The van der Waals surface area contributed by atoms with Crippen LogP contribution in [0.2, 0.25) is 10.0 Å². The molecule has 0 spiro atoms. The summed E-state index contributed by atoms with van der Waals surface area (Å²) < 4.78 is 7.18. The summed E-state index contributed by atoms with van der Waals surface area (Å²) in [6, 6.07) is 19.3. The first-order chi connectivity index (χ1) is 24.3. The van der Waals surface area contributed by atoms with Crippen LogP contribution in [0.25, 0.3) is 39.2 Å². The van der Waals surface area contributed by atoms with Crippen LogP contribution in [0.15, 0.2) is 77.9 Å². The number of fused-ring (bicyclic) bond motifs is 1. The SMILES string of the molecule is COc1nc(-c2cccc(-c3cccc(-c4ccn5c(=O)c(CNCC6(CO)CC6)cnc5c4)c3Cl)c2Cl)ccc1CNCC1CCC(=O)N1. The van der Waals surface area contributed by atoms with Crippen molar-refractivity contribution in [2.75, 3.05) is 26.8 Å². The summed E-state index contributed by atoms with van der Waals surface area (Å²) in [7, 11) is 1.59. The molecule has 2 fully saturated rings. The molecule has 1 unspecified atom stereocenters. The molecule has 1 saturated carbocycles. The fourth-order valence-electron chi connectivity index (χ4n) is 6.47. The monoisotopic (exact) mass is 712 g/mol. The Balaban J connectivity index is 1.12. The second-order valence-corrected chi connectivity index (χ2v) is 13.9. The lowest BCUT2D eigenvalue weighted by atomic mass is 9.97. The number of carbonyl (C=O) groups is 1. The Morgan fingerprint density at radius 2 is 1.68 bits per heavy atom. The first-order valence-corrected chi connectivity index (χ1v) is 17.5. The molecular weight excluding hydrogens is 675 g/mol. The molecule has 12 heteroatoms. The summed E-state index contributed by atoms with van der Waals surface area (Å²) in [4.78, 5) is 34.1. The fourth-order valence-corrected chi connectivity index (χ4v) is 7.14. The van der Waals surface area contributed by atoms with Gasteiger partial charge in [0, 0.05) is 96.4 Å². The molecule has 3 aromatic heterocycles. The number of hydrogen-bond acceptors (Lipinski definition) is 8. The summed E-state index contributed by atoms with van der Waals surface area (Å²) in [5, 5.41) is 20.3. The molecule has 4 N–H and O–H groups in total. The molecule has 0 bridgehead atoms. The maximum absolute atomic E-state index is 13.2. The lowest BCUT2D eigenvalue weighted by Gasteiger charge is -2.16. The molecule has 4 heterocycles. The van der Waals surface area contributed by atoms with Gasteiger partial charge in [-0.05, 0) is 43.0 Å². The van der Waals surface area contributed by atoms with Gasteiger partial charge in [0.15, 0.2) is 0 Å². The lowest BCUT2D eigenvalue weighted by Crippen LogP contribution is -2.35. The third kappa shape index (κ3) is 6.99. The normalized spacial score (nSPS) is 16.5. The first kappa shape index (κ1) is 34.1. The van der Waals surface area contributed by atoms with Crippen molar-refractivity contribution in [3.05, 3.63) is 105 Å². The van der Waals surface area contributed by atoms with Crippen LogP contribution in [0.5, 0.6) is 5.88 Å². The van der Waals surface area contributed by atoms with E-state index in [2.05, 4.69) is 20.9 Å². The summed E-state index contributed by atoms with van der Waals surface area (Å²) in [5.41, 5.74) is 6.28. The second kappa shape index (κ2) is 14.5. The van der Waals surface area contributed by atoms with Crippen LogP contribution < -0.4 is 26.2 Å². The minimum Gasteiger partial charge on any atom is -0.481 e. The number of carbonyl (C=O) groups excluding carboxylic acids is 1. The molecule has 0 radical (unpaired) electrons. The van der Waals surface area contributed by atoms with Crippen molar-refractivity contribution in [3.63, 3.8) is 0 Å². The molecule has 7 rings (SSSR count). The van der Waals surface area contributed by atoms with E-state index in [1.54, 1.807) is 19.5 Å². The van der Waals surface area contributed by atoms with Crippen LogP contribution in [-0.4, -0.2) is 58.2 Å². The van der Waals surface area contributed by atoms with Gasteiger partial charge in [-0.3, -0.25) is 14.0 Å². The van der Waals surface area contributed by atoms with Gasteiger partial charge in [0.25, 0.3) is 5.56 Å². The lowest BCUT2D eigenvalue weighted by molar-refractivity contribution is -0.119. The highest BCUT2D eigenvalue weighted by Crippen LogP contribution is 2.44. The molecule has 1 amide bonds. The van der Waals surface area contributed by atoms with Gasteiger partial charge in [-0.2, -0.15) is 0 Å². The number of amides is 1. The van der Waals surface area contributed by atoms with Crippen LogP contribution in [-0.2, 0) is 17.9 Å². The van der Waals surface area contributed by atoms with Crippen molar-refractivity contribution < 1.29 is 14.6 Å². The summed E-state index contributed by atoms with van der Waals surface area (Å²) in [6.07, 6.45) is 6.73. The van der Waals surface area contributed by atoms with E-state index >= 15 is 0 Å². The zero-order valence-corrected chi connectivity index (χ0v) is 29.2. The average molecular weight is 714 g/mol. The third-order valence-corrected chi connectivity index (χ3v) is 10.5. The van der Waals surface area contributed by atoms with E-state index in [4.69, 9.17) is 32.9 Å². The van der Waals surface area contributed by atoms with E-state index < -0.39 is 0 Å². The highest BCUT2D eigenvalue weighted by Gasteiger charge is 2.41. The summed E-state index contributed by atoms with van der Waals surface area (Å²) >= 11 is 14.2. The number of methoxy groups -OCH3 is 1. The second-order valence-electron chi connectivity index (χ2n) is 13.1. The number of nitrogens with one attached hydrogen (secondary N) is 3. The van der Waals surface area contributed by atoms with Crippen molar-refractivity contribution in [3.8, 4) is 39.4 Å². The minimum absolute atomic E-state index is 0.0413. The van der Waals surface area contributed by atoms with Crippen LogP contribution in [0.4, 0.5) is 0 Å². The van der Waals surface area contributed by atoms with Gasteiger partial charge in [-0.25, -0.2) is 9.97 Å². The predicted octanol–water partition coefficient (Wildman–Crippen LogP) is 5.64. The van der Waals surface area contributed by atoms with E-state index in [1.165, 1.54) is 4.40 Å². The number of benzene rings is 2. The number of halogens is 2. The molecule has 1 aliphatic heterocycles. The van der Waals surface area contributed by atoms with E-state index in [0.717, 1.165) is 52.6 Å². The highest BCUT2D eigenvalue weighted by molar-refractivity contribution is 6.39. The molecular formula is C38H38Cl2N6O4. The van der Waals surface area contributed by atoms with Crippen molar-refractivity contribution in [1.82, 2.24) is 30.3 Å². The Hall–Kier alpha value is -4.32. The predicted molar refractivity (Wildman–Crippen MR) is 195 cm³/mol. The van der Waals surface area contributed by atoms with Gasteiger partial charge in [-0.1, -0.05) is 65.7 Å². The van der Waals surface area contributed by atoms with Crippen molar-refractivity contribution in [2.45, 2.75) is 44.8 Å². The van der Waals surface area contributed by atoms with Gasteiger partial charge in [0.2, 0.25) is 11.8 Å². The van der Waals surface area contributed by atoms with Crippen molar-refractivity contribution in [2.24, 2.45) is 5.41 Å².